The molecule has 128 valence electrons. The molecule has 7 N–H and O–H groups in total. The standard InChI is InChI=1S/C14H18O9/c1-4(16)8-5(17)2-6(18)9(11(8)20)14-13(22)12(21)10(19)7(3-15)23-14/h2,7,10,12-15,17-22H,3H2,1H3/t7-,10-,12+,13-,14?/m1/s1. The van der Waals surface area contributed by atoms with Gasteiger partial charge in [0.05, 0.1) is 12.2 Å². The summed E-state index contributed by atoms with van der Waals surface area (Å²) in [4.78, 5) is 11.5. The maximum atomic E-state index is 11.5. The van der Waals surface area contributed by atoms with E-state index < -0.39 is 71.3 Å². The van der Waals surface area contributed by atoms with Crippen LogP contribution in [0, 0.1) is 0 Å². The fraction of sp³-hybridized carbons (Fsp3) is 0.500. The second kappa shape index (κ2) is 6.30. The zero-order valence-electron chi connectivity index (χ0n) is 12.1. The summed E-state index contributed by atoms with van der Waals surface area (Å²) < 4.78 is 5.23. The molecule has 23 heavy (non-hydrogen) atoms. The topological polar surface area (TPSA) is 168 Å². The van der Waals surface area contributed by atoms with Crippen LogP contribution in [0.3, 0.4) is 0 Å². The predicted molar refractivity (Wildman–Crippen MR) is 74.2 cm³/mol. The molecule has 0 amide bonds. The summed E-state index contributed by atoms with van der Waals surface area (Å²) in [6.07, 6.45) is -7.89. The summed E-state index contributed by atoms with van der Waals surface area (Å²) in [6, 6.07) is 0.785. The largest absolute Gasteiger partial charge is 0.507 e. The number of phenols is 3. The number of aliphatic hydroxyl groups excluding tert-OH is 4. The third-order valence-electron chi connectivity index (χ3n) is 3.83. The van der Waals surface area contributed by atoms with E-state index in [2.05, 4.69) is 0 Å². The third kappa shape index (κ3) is 2.84. The molecule has 1 unspecified atom stereocenters. The van der Waals surface area contributed by atoms with E-state index in [0.717, 1.165) is 13.0 Å². The van der Waals surface area contributed by atoms with Gasteiger partial charge in [0.25, 0.3) is 0 Å². The normalized spacial score (nSPS) is 31.1. The number of phenolic OH excluding ortho intramolecular Hbond substituents is 3. The third-order valence-corrected chi connectivity index (χ3v) is 3.83. The van der Waals surface area contributed by atoms with Crippen LogP contribution in [0.4, 0.5) is 0 Å². The Hall–Kier alpha value is -1.91. The number of aromatic hydroxyl groups is 3. The maximum absolute atomic E-state index is 11.5. The molecule has 1 aromatic rings. The van der Waals surface area contributed by atoms with Gasteiger partial charge in [-0.1, -0.05) is 0 Å². The van der Waals surface area contributed by atoms with Gasteiger partial charge >= 0.3 is 0 Å². The molecule has 0 bridgehead atoms. The quantitative estimate of drug-likeness (QED) is 0.327. The molecule has 0 aliphatic carbocycles. The van der Waals surface area contributed by atoms with Crippen molar-refractivity contribution in [2.24, 2.45) is 0 Å². The lowest BCUT2D eigenvalue weighted by atomic mass is 9.89. The Morgan fingerprint density at radius 2 is 1.70 bits per heavy atom. The van der Waals surface area contributed by atoms with Crippen molar-refractivity contribution in [2.45, 2.75) is 37.4 Å². The molecule has 0 radical (unpaired) electrons. The van der Waals surface area contributed by atoms with Crippen LogP contribution in [0.15, 0.2) is 6.07 Å². The lowest BCUT2D eigenvalue weighted by Gasteiger charge is -2.40. The molecular weight excluding hydrogens is 312 g/mol. The van der Waals surface area contributed by atoms with E-state index in [1.807, 2.05) is 0 Å². The highest BCUT2D eigenvalue weighted by Crippen LogP contribution is 2.45. The molecule has 9 heteroatoms. The first-order valence-electron chi connectivity index (χ1n) is 6.79. The first kappa shape index (κ1) is 17.4. The van der Waals surface area contributed by atoms with Crippen LogP contribution in [0.5, 0.6) is 17.2 Å². The second-order valence-electron chi connectivity index (χ2n) is 5.36. The molecule has 1 fully saturated rings. The van der Waals surface area contributed by atoms with Gasteiger partial charge in [0.1, 0.15) is 53.3 Å². The van der Waals surface area contributed by atoms with Crippen LogP contribution in [-0.2, 0) is 4.74 Å². The van der Waals surface area contributed by atoms with E-state index in [0.29, 0.717) is 0 Å². The summed E-state index contributed by atoms with van der Waals surface area (Å²) >= 11 is 0. The minimum atomic E-state index is -1.76. The molecule has 5 atom stereocenters. The van der Waals surface area contributed by atoms with E-state index in [4.69, 9.17) is 9.84 Å². The van der Waals surface area contributed by atoms with Gasteiger partial charge in [-0.3, -0.25) is 4.79 Å². The Morgan fingerprint density at radius 1 is 1.09 bits per heavy atom. The average molecular weight is 330 g/mol. The summed E-state index contributed by atoms with van der Waals surface area (Å²) in [5.41, 5.74) is -0.931. The highest BCUT2D eigenvalue weighted by Gasteiger charge is 2.46. The van der Waals surface area contributed by atoms with Crippen molar-refractivity contribution in [3.8, 4) is 17.2 Å². The Kier molecular flexibility index (Phi) is 4.78. The number of Topliss-reactive ketones (excluding diaryl/α,β-unsaturated/α-hetero) is 1. The van der Waals surface area contributed by atoms with Gasteiger partial charge in [-0.2, -0.15) is 0 Å². The van der Waals surface area contributed by atoms with Crippen molar-refractivity contribution in [3.05, 3.63) is 17.2 Å². The van der Waals surface area contributed by atoms with Gasteiger partial charge in [0.2, 0.25) is 0 Å². The van der Waals surface area contributed by atoms with Gasteiger partial charge in [-0.05, 0) is 6.92 Å². The van der Waals surface area contributed by atoms with Crippen LogP contribution in [0.2, 0.25) is 0 Å². The van der Waals surface area contributed by atoms with Crippen molar-refractivity contribution < 1.29 is 45.3 Å². The molecule has 1 heterocycles. The summed E-state index contributed by atoms with van der Waals surface area (Å²) in [5, 5.41) is 68.4. The first-order valence-corrected chi connectivity index (χ1v) is 6.79. The number of ether oxygens (including phenoxy) is 1. The molecule has 0 saturated carbocycles. The molecule has 1 aliphatic heterocycles. The number of rotatable bonds is 3. The minimum absolute atomic E-state index is 0.440. The SMILES string of the molecule is CC(=O)c1c(O)cc(O)c(C2O[C@H](CO)[C@@H](O)[C@H](O)[C@H]2O)c1O. The number of hydrogen-bond acceptors (Lipinski definition) is 9. The Morgan fingerprint density at radius 3 is 2.22 bits per heavy atom. The molecule has 2 rings (SSSR count). The van der Waals surface area contributed by atoms with Gasteiger partial charge in [0.15, 0.2) is 5.78 Å². The van der Waals surface area contributed by atoms with Crippen LogP contribution in [0.25, 0.3) is 0 Å². The maximum Gasteiger partial charge on any atom is 0.167 e. The van der Waals surface area contributed by atoms with E-state index in [1.54, 1.807) is 0 Å². The number of carbonyl (C=O) groups is 1. The molecule has 0 aromatic heterocycles. The number of aliphatic hydroxyl groups is 4. The van der Waals surface area contributed by atoms with Crippen LogP contribution >= 0.6 is 0 Å². The fourth-order valence-electron chi connectivity index (χ4n) is 2.62. The van der Waals surface area contributed by atoms with Gasteiger partial charge in [-0.25, -0.2) is 0 Å². The van der Waals surface area contributed by atoms with E-state index in [-0.39, 0.29) is 0 Å². The summed E-state index contributed by atoms with van der Waals surface area (Å²) in [5.74, 6) is -2.87. The summed E-state index contributed by atoms with van der Waals surface area (Å²) in [7, 11) is 0. The Bertz CT molecular complexity index is 613. The van der Waals surface area contributed by atoms with Crippen molar-refractivity contribution in [1.82, 2.24) is 0 Å². The van der Waals surface area contributed by atoms with Gasteiger partial charge in [0, 0.05) is 6.07 Å². The van der Waals surface area contributed by atoms with Crippen molar-refractivity contribution in [1.29, 1.82) is 0 Å². The van der Waals surface area contributed by atoms with Crippen molar-refractivity contribution >= 4 is 5.78 Å². The zero-order valence-corrected chi connectivity index (χ0v) is 12.1. The van der Waals surface area contributed by atoms with Crippen LogP contribution in [-0.4, -0.2) is 72.6 Å². The Labute approximate surface area is 130 Å². The molecule has 1 aliphatic rings. The Balaban J connectivity index is 2.56. The fourth-order valence-corrected chi connectivity index (χ4v) is 2.62. The highest BCUT2D eigenvalue weighted by atomic mass is 16.5. The van der Waals surface area contributed by atoms with E-state index >= 15 is 0 Å². The predicted octanol–water partition coefficient (Wildman–Crippen LogP) is -1.48. The average Bonchev–Trinajstić information content (AvgIpc) is 2.46. The van der Waals surface area contributed by atoms with Gasteiger partial charge in [-0.15, -0.1) is 0 Å². The van der Waals surface area contributed by atoms with E-state index in [9.17, 15) is 35.4 Å². The highest BCUT2D eigenvalue weighted by molar-refractivity contribution is 6.00. The number of benzene rings is 1. The van der Waals surface area contributed by atoms with Crippen LogP contribution < -0.4 is 0 Å². The minimum Gasteiger partial charge on any atom is -0.507 e. The van der Waals surface area contributed by atoms with Crippen molar-refractivity contribution in [2.75, 3.05) is 6.61 Å². The lowest BCUT2D eigenvalue weighted by molar-refractivity contribution is -0.232. The smallest absolute Gasteiger partial charge is 0.167 e. The first-order chi connectivity index (χ1) is 10.7. The van der Waals surface area contributed by atoms with Gasteiger partial charge < -0.3 is 40.5 Å². The second-order valence-corrected chi connectivity index (χ2v) is 5.36. The monoisotopic (exact) mass is 330 g/mol. The molecule has 9 nitrogen and oxygen atoms in total. The molecule has 1 saturated heterocycles. The lowest BCUT2D eigenvalue weighted by Crippen LogP contribution is -2.55. The summed E-state index contributed by atoms with van der Waals surface area (Å²) in [6.45, 7) is 0.378. The number of hydrogen-bond donors (Lipinski definition) is 7. The zero-order chi connectivity index (χ0) is 17.5. The van der Waals surface area contributed by atoms with Crippen molar-refractivity contribution in [3.63, 3.8) is 0 Å². The molecule has 1 aromatic carbocycles. The van der Waals surface area contributed by atoms with Crippen LogP contribution in [0.1, 0.15) is 28.9 Å². The number of ketones is 1. The van der Waals surface area contributed by atoms with E-state index in [1.165, 1.54) is 0 Å². The molecular formula is C14H18O9. The molecule has 0 spiro atoms. The number of carbonyl (C=O) groups excluding carboxylic acids is 1.